The molecule has 0 radical (unpaired) electrons. The molecule has 2 aromatic carbocycles. The van der Waals surface area contributed by atoms with Crippen LogP contribution in [0.5, 0.6) is 5.75 Å². The SMILES string of the molecule is CCOc1ccccc1C(=O)Nc1cc([N+](=O)[O-])ccc1C. The van der Waals surface area contributed by atoms with Crippen LogP contribution >= 0.6 is 0 Å². The molecule has 0 atom stereocenters. The molecule has 0 heterocycles. The number of benzene rings is 2. The predicted octanol–water partition coefficient (Wildman–Crippen LogP) is 3.55. The van der Waals surface area contributed by atoms with Gasteiger partial charge in [-0.25, -0.2) is 0 Å². The molecule has 1 amide bonds. The maximum absolute atomic E-state index is 12.4. The van der Waals surface area contributed by atoms with E-state index in [1.165, 1.54) is 12.1 Å². The fourth-order valence-electron chi connectivity index (χ4n) is 1.98. The summed E-state index contributed by atoms with van der Waals surface area (Å²) < 4.78 is 5.42. The lowest BCUT2D eigenvalue weighted by atomic mass is 10.1. The molecule has 1 N–H and O–H groups in total. The maximum Gasteiger partial charge on any atom is 0.271 e. The average molecular weight is 300 g/mol. The highest BCUT2D eigenvalue weighted by Crippen LogP contribution is 2.24. The second-order valence-electron chi connectivity index (χ2n) is 4.64. The van der Waals surface area contributed by atoms with E-state index in [1.54, 1.807) is 37.3 Å². The van der Waals surface area contributed by atoms with Crippen LogP contribution in [0.3, 0.4) is 0 Å². The van der Waals surface area contributed by atoms with E-state index < -0.39 is 4.92 Å². The first-order valence-electron chi connectivity index (χ1n) is 6.81. The first-order valence-corrected chi connectivity index (χ1v) is 6.81. The van der Waals surface area contributed by atoms with Gasteiger partial charge in [-0.2, -0.15) is 0 Å². The van der Waals surface area contributed by atoms with Crippen LogP contribution in [-0.2, 0) is 0 Å². The van der Waals surface area contributed by atoms with Crippen molar-refractivity contribution in [2.24, 2.45) is 0 Å². The highest BCUT2D eigenvalue weighted by atomic mass is 16.6. The summed E-state index contributed by atoms with van der Waals surface area (Å²) in [5, 5.41) is 13.5. The standard InChI is InChI=1S/C16H16N2O4/c1-3-22-15-7-5-4-6-13(15)16(19)17-14-10-12(18(20)21)9-8-11(14)2/h4-10H,3H2,1-2H3,(H,17,19). The molecule has 6 nitrogen and oxygen atoms in total. The second kappa shape index (κ2) is 6.71. The third-order valence-electron chi connectivity index (χ3n) is 3.11. The first-order chi connectivity index (χ1) is 10.5. The molecule has 0 saturated heterocycles. The summed E-state index contributed by atoms with van der Waals surface area (Å²) >= 11 is 0. The van der Waals surface area contributed by atoms with E-state index in [1.807, 2.05) is 6.92 Å². The van der Waals surface area contributed by atoms with Gasteiger partial charge in [0.1, 0.15) is 5.75 Å². The number of aryl methyl sites for hydroxylation is 1. The molecule has 0 aliphatic heterocycles. The Balaban J connectivity index is 2.29. The highest BCUT2D eigenvalue weighted by Gasteiger charge is 2.15. The quantitative estimate of drug-likeness (QED) is 0.676. The molecule has 0 aliphatic rings. The molecule has 0 fully saturated rings. The molecule has 2 aromatic rings. The van der Waals surface area contributed by atoms with Gasteiger partial charge in [-0.1, -0.05) is 18.2 Å². The number of hydrogen-bond donors (Lipinski definition) is 1. The Morgan fingerprint density at radius 2 is 2.00 bits per heavy atom. The highest BCUT2D eigenvalue weighted by molar-refractivity contribution is 6.06. The van der Waals surface area contributed by atoms with Gasteiger partial charge in [0, 0.05) is 12.1 Å². The maximum atomic E-state index is 12.4. The predicted molar refractivity (Wildman–Crippen MR) is 83.4 cm³/mol. The Hall–Kier alpha value is -2.89. The molecule has 114 valence electrons. The van der Waals surface area contributed by atoms with Gasteiger partial charge >= 0.3 is 0 Å². The van der Waals surface area contributed by atoms with E-state index in [0.717, 1.165) is 5.56 Å². The molecule has 0 saturated carbocycles. The van der Waals surface area contributed by atoms with Gasteiger partial charge in [-0.3, -0.25) is 14.9 Å². The topological polar surface area (TPSA) is 81.5 Å². The minimum absolute atomic E-state index is 0.0704. The van der Waals surface area contributed by atoms with Crippen molar-refractivity contribution in [3.8, 4) is 5.75 Å². The largest absolute Gasteiger partial charge is 0.493 e. The molecule has 0 aliphatic carbocycles. The first kappa shape index (κ1) is 15.5. The fraction of sp³-hybridized carbons (Fsp3) is 0.188. The summed E-state index contributed by atoms with van der Waals surface area (Å²) in [7, 11) is 0. The number of carbonyl (C=O) groups excluding carboxylic acids is 1. The van der Waals surface area contributed by atoms with Crippen LogP contribution in [0.4, 0.5) is 11.4 Å². The van der Waals surface area contributed by atoms with E-state index in [9.17, 15) is 14.9 Å². The Morgan fingerprint density at radius 3 is 2.68 bits per heavy atom. The lowest BCUT2D eigenvalue weighted by Gasteiger charge is -2.11. The number of nitro benzene ring substituents is 1. The van der Waals surface area contributed by atoms with Gasteiger partial charge in [-0.05, 0) is 31.5 Å². The van der Waals surface area contributed by atoms with Crippen LogP contribution in [0.1, 0.15) is 22.8 Å². The monoisotopic (exact) mass is 300 g/mol. The zero-order valence-electron chi connectivity index (χ0n) is 12.3. The number of rotatable bonds is 5. The summed E-state index contributed by atoms with van der Waals surface area (Å²) in [6.45, 7) is 4.05. The van der Waals surface area contributed by atoms with Crippen molar-refractivity contribution < 1.29 is 14.5 Å². The van der Waals surface area contributed by atoms with E-state index in [-0.39, 0.29) is 11.6 Å². The van der Waals surface area contributed by atoms with Crippen LogP contribution in [0.15, 0.2) is 42.5 Å². The fourth-order valence-corrected chi connectivity index (χ4v) is 1.98. The molecule has 6 heteroatoms. The Labute approximate surface area is 127 Å². The number of nitrogens with one attached hydrogen (secondary N) is 1. The summed E-state index contributed by atoms with van der Waals surface area (Å²) in [5.41, 5.74) is 1.47. The Bertz CT molecular complexity index is 713. The normalized spacial score (nSPS) is 10.1. The number of ether oxygens (including phenoxy) is 1. The number of non-ortho nitro benzene ring substituents is 1. The van der Waals surface area contributed by atoms with Crippen LogP contribution < -0.4 is 10.1 Å². The van der Waals surface area contributed by atoms with Gasteiger partial charge in [0.2, 0.25) is 0 Å². The van der Waals surface area contributed by atoms with E-state index in [0.29, 0.717) is 23.6 Å². The smallest absolute Gasteiger partial charge is 0.271 e. The van der Waals surface area contributed by atoms with Gasteiger partial charge in [0.05, 0.1) is 22.8 Å². The summed E-state index contributed by atoms with van der Waals surface area (Å²) in [6, 6.07) is 11.2. The number of nitrogens with zero attached hydrogens (tertiary/aromatic N) is 1. The second-order valence-corrected chi connectivity index (χ2v) is 4.64. The zero-order chi connectivity index (χ0) is 16.1. The Kier molecular flexibility index (Phi) is 4.73. The average Bonchev–Trinajstić information content (AvgIpc) is 2.50. The van der Waals surface area contributed by atoms with Crippen molar-refractivity contribution in [2.45, 2.75) is 13.8 Å². The molecule has 0 unspecified atom stereocenters. The van der Waals surface area contributed by atoms with Crippen molar-refractivity contribution >= 4 is 17.3 Å². The van der Waals surface area contributed by atoms with E-state index >= 15 is 0 Å². The number of hydrogen-bond acceptors (Lipinski definition) is 4. The zero-order valence-corrected chi connectivity index (χ0v) is 12.3. The molecular weight excluding hydrogens is 284 g/mol. The molecule has 0 spiro atoms. The van der Waals surface area contributed by atoms with Gasteiger partial charge in [-0.15, -0.1) is 0 Å². The van der Waals surface area contributed by atoms with Crippen molar-refractivity contribution in [3.63, 3.8) is 0 Å². The van der Waals surface area contributed by atoms with Gasteiger partial charge in [0.15, 0.2) is 0 Å². The molecule has 0 bridgehead atoms. The molecule has 0 aromatic heterocycles. The molecule has 2 rings (SSSR count). The lowest BCUT2D eigenvalue weighted by Crippen LogP contribution is -2.14. The molecular formula is C16H16N2O4. The minimum Gasteiger partial charge on any atom is -0.493 e. The van der Waals surface area contributed by atoms with Crippen LogP contribution in [0, 0.1) is 17.0 Å². The van der Waals surface area contributed by atoms with Crippen molar-refractivity contribution in [1.29, 1.82) is 0 Å². The summed E-state index contributed by atoms with van der Waals surface area (Å²) in [5.74, 6) is 0.109. The number of amides is 1. The van der Waals surface area contributed by atoms with Gasteiger partial charge in [0.25, 0.3) is 11.6 Å². The van der Waals surface area contributed by atoms with Crippen molar-refractivity contribution in [1.82, 2.24) is 0 Å². The number of para-hydroxylation sites is 1. The van der Waals surface area contributed by atoms with Crippen LogP contribution in [-0.4, -0.2) is 17.4 Å². The third kappa shape index (κ3) is 3.41. The van der Waals surface area contributed by atoms with E-state index in [2.05, 4.69) is 5.32 Å². The van der Waals surface area contributed by atoms with Crippen LogP contribution in [0.2, 0.25) is 0 Å². The Morgan fingerprint density at radius 1 is 1.27 bits per heavy atom. The summed E-state index contributed by atoms with van der Waals surface area (Å²) in [6.07, 6.45) is 0. The lowest BCUT2D eigenvalue weighted by molar-refractivity contribution is -0.384. The van der Waals surface area contributed by atoms with Crippen molar-refractivity contribution in [3.05, 3.63) is 63.7 Å². The number of anilines is 1. The van der Waals surface area contributed by atoms with Crippen molar-refractivity contribution in [2.75, 3.05) is 11.9 Å². The summed E-state index contributed by atoms with van der Waals surface area (Å²) in [4.78, 5) is 22.7. The van der Waals surface area contributed by atoms with E-state index in [4.69, 9.17) is 4.74 Å². The number of carbonyl (C=O) groups is 1. The minimum atomic E-state index is -0.497. The number of nitro groups is 1. The molecule has 22 heavy (non-hydrogen) atoms. The van der Waals surface area contributed by atoms with Crippen LogP contribution in [0.25, 0.3) is 0 Å². The van der Waals surface area contributed by atoms with Gasteiger partial charge < -0.3 is 10.1 Å². The third-order valence-corrected chi connectivity index (χ3v) is 3.11.